The van der Waals surface area contributed by atoms with E-state index < -0.39 is 24.5 Å². The van der Waals surface area contributed by atoms with Crippen LogP contribution >= 0.6 is 0 Å². The molecule has 2 fully saturated rings. The summed E-state index contributed by atoms with van der Waals surface area (Å²) < 4.78 is 19.4. The van der Waals surface area contributed by atoms with E-state index in [0.717, 1.165) is 46.9 Å². The highest BCUT2D eigenvalue weighted by Crippen LogP contribution is 2.32. The molecule has 2 saturated carbocycles. The standard InChI is InChI=1S/C20H18O8.2C15H23N/c1-13-3-7-15(8-4-13)17(23)27-19(25-11-21)20(26-12-22)28-18(24)16-9-5-14(2)6-10-16;2*1-12-8-9-14(11-15(12)16-2)10-13-6-4-3-5-7-13/h3-12,19-20H,1-2H3;2*3-7,12,14-16H,8-11H2,1-2H3/t19-,20-;2*12-,14?,15+/m111/s1. The van der Waals surface area contributed by atoms with Crippen LogP contribution in [0.1, 0.15) is 95.3 Å². The van der Waals surface area contributed by atoms with E-state index in [1.54, 1.807) is 24.3 Å². The average molecular weight is 821 g/mol. The molecule has 2 aliphatic rings. The van der Waals surface area contributed by atoms with E-state index in [9.17, 15) is 19.2 Å². The van der Waals surface area contributed by atoms with E-state index in [4.69, 9.17) is 9.47 Å². The lowest BCUT2D eigenvalue weighted by molar-refractivity contribution is -0.229. The minimum Gasteiger partial charge on any atom is -0.419 e. The Balaban J connectivity index is 0.000000212. The number of benzene rings is 4. The monoisotopic (exact) mass is 820 g/mol. The SMILES string of the molecule is CN[C@H]1CC(Cc2ccccc2)CC[C@H]1C.CN[C@H]1CC(Cc2ccccc2)CC[C@H]1C.Cc1ccc(C(=O)O[C@@H](OC=O)[C@H](OC=O)OC(=O)c2ccc(C)cc2)cc1. The normalized spacial score (nSPS) is 21.8. The Bertz CT molecular complexity index is 1720. The van der Waals surface area contributed by atoms with Gasteiger partial charge in [-0.25, -0.2) is 9.59 Å². The third-order valence-electron chi connectivity index (χ3n) is 11.7. The van der Waals surface area contributed by atoms with Crippen LogP contribution in [-0.4, -0.2) is 63.6 Å². The second-order valence-corrected chi connectivity index (χ2v) is 16.2. The Kier molecular flexibility index (Phi) is 20.0. The highest BCUT2D eigenvalue weighted by Gasteiger charge is 2.33. The predicted octanol–water partition coefficient (Wildman–Crippen LogP) is 8.82. The van der Waals surface area contributed by atoms with Crippen molar-refractivity contribution >= 4 is 24.9 Å². The van der Waals surface area contributed by atoms with Crippen LogP contribution < -0.4 is 10.6 Å². The van der Waals surface area contributed by atoms with Crippen LogP contribution in [0.25, 0.3) is 0 Å². The molecule has 0 radical (unpaired) electrons. The van der Waals surface area contributed by atoms with Gasteiger partial charge in [0.25, 0.3) is 12.9 Å². The molecular formula is C50H64N2O8. The summed E-state index contributed by atoms with van der Waals surface area (Å²) in [6.07, 6.45) is 7.17. The largest absolute Gasteiger partial charge is 0.419 e. The molecule has 0 heterocycles. The number of esters is 2. The molecule has 10 nitrogen and oxygen atoms in total. The number of ether oxygens (including phenoxy) is 4. The van der Waals surface area contributed by atoms with Crippen LogP contribution in [0.4, 0.5) is 0 Å². The number of aryl methyl sites for hydroxylation is 2. The first kappa shape index (κ1) is 47.4. The molecule has 322 valence electrons. The molecule has 4 aromatic carbocycles. The van der Waals surface area contributed by atoms with Gasteiger partial charge in [0.05, 0.1) is 11.1 Å². The first-order valence-electron chi connectivity index (χ1n) is 21.2. The van der Waals surface area contributed by atoms with Crippen LogP contribution in [0, 0.1) is 37.5 Å². The van der Waals surface area contributed by atoms with Gasteiger partial charge in [-0.05, 0) is 138 Å². The molecule has 0 aromatic heterocycles. The lowest BCUT2D eigenvalue weighted by Gasteiger charge is -2.34. The Hall–Kier alpha value is -5.32. The minimum absolute atomic E-state index is 0.0199. The summed E-state index contributed by atoms with van der Waals surface area (Å²) in [6.45, 7) is 8.39. The van der Waals surface area contributed by atoms with Crippen molar-refractivity contribution < 1.29 is 38.1 Å². The molecule has 0 spiro atoms. The van der Waals surface area contributed by atoms with E-state index in [2.05, 4.69) is 109 Å². The molecule has 6 rings (SSSR count). The fraction of sp³-hybridized carbons (Fsp3) is 0.440. The van der Waals surface area contributed by atoms with E-state index in [1.165, 1.54) is 86.8 Å². The number of nitrogens with one attached hydrogen (secondary N) is 2. The van der Waals surface area contributed by atoms with Gasteiger partial charge in [0.1, 0.15) is 0 Å². The first-order valence-corrected chi connectivity index (χ1v) is 21.2. The van der Waals surface area contributed by atoms with Gasteiger partial charge in [-0.2, -0.15) is 0 Å². The number of rotatable bonds is 15. The molecule has 60 heavy (non-hydrogen) atoms. The number of carbonyl (C=O) groups excluding carboxylic acids is 4. The van der Waals surface area contributed by atoms with Crippen LogP contribution in [-0.2, 0) is 41.4 Å². The lowest BCUT2D eigenvalue weighted by Crippen LogP contribution is -2.39. The molecular weight excluding hydrogens is 757 g/mol. The van der Waals surface area contributed by atoms with Gasteiger partial charge < -0.3 is 29.6 Å². The van der Waals surface area contributed by atoms with Gasteiger partial charge in [0.2, 0.25) is 0 Å². The van der Waals surface area contributed by atoms with Crippen LogP contribution in [0.3, 0.4) is 0 Å². The molecule has 0 saturated heterocycles. The van der Waals surface area contributed by atoms with Crippen molar-refractivity contribution in [2.24, 2.45) is 23.7 Å². The molecule has 0 bridgehead atoms. The molecule has 4 aromatic rings. The zero-order chi connectivity index (χ0) is 43.3. The number of hydrogen-bond donors (Lipinski definition) is 2. The summed E-state index contributed by atoms with van der Waals surface area (Å²) in [4.78, 5) is 46.0. The highest BCUT2D eigenvalue weighted by molar-refractivity contribution is 5.90. The van der Waals surface area contributed by atoms with Crippen molar-refractivity contribution in [2.75, 3.05) is 14.1 Å². The van der Waals surface area contributed by atoms with E-state index in [-0.39, 0.29) is 24.1 Å². The zero-order valence-electron chi connectivity index (χ0n) is 36.1. The van der Waals surface area contributed by atoms with Gasteiger partial charge in [0.15, 0.2) is 0 Å². The Morgan fingerprint density at radius 1 is 0.567 bits per heavy atom. The summed E-state index contributed by atoms with van der Waals surface area (Å²) in [7, 11) is 4.21. The van der Waals surface area contributed by atoms with Crippen LogP contribution in [0.15, 0.2) is 109 Å². The summed E-state index contributed by atoms with van der Waals surface area (Å²) in [6, 6.07) is 36.0. The maximum Gasteiger partial charge on any atom is 0.341 e. The van der Waals surface area contributed by atoms with Gasteiger partial charge in [-0.15, -0.1) is 0 Å². The summed E-state index contributed by atoms with van der Waals surface area (Å²) in [5.74, 6) is 1.71. The Morgan fingerprint density at radius 3 is 1.23 bits per heavy atom. The third kappa shape index (κ3) is 15.7. The van der Waals surface area contributed by atoms with Crippen molar-refractivity contribution in [2.45, 2.75) is 104 Å². The maximum atomic E-state index is 12.2. The predicted molar refractivity (Wildman–Crippen MR) is 234 cm³/mol. The van der Waals surface area contributed by atoms with Crippen molar-refractivity contribution in [1.29, 1.82) is 0 Å². The maximum absolute atomic E-state index is 12.2. The Morgan fingerprint density at radius 2 is 0.917 bits per heavy atom. The first-order chi connectivity index (χ1) is 29.0. The molecule has 8 atom stereocenters. The van der Waals surface area contributed by atoms with E-state index >= 15 is 0 Å². The second-order valence-electron chi connectivity index (χ2n) is 16.2. The van der Waals surface area contributed by atoms with Crippen molar-refractivity contribution in [3.05, 3.63) is 143 Å². The van der Waals surface area contributed by atoms with E-state index in [1.807, 2.05) is 13.8 Å². The van der Waals surface area contributed by atoms with Gasteiger partial charge in [-0.3, -0.25) is 9.59 Å². The second kappa shape index (κ2) is 25.3. The minimum atomic E-state index is -1.79. The summed E-state index contributed by atoms with van der Waals surface area (Å²) in [5, 5.41) is 6.94. The zero-order valence-corrected chi connectivity index (χ0v) is 36.1. The lowest BCUT2D eigenvalue weighted by atomic mass is 9.77. The fourth-order valence-corrected chi connectivity index (χ4v) is 8.02. The van der Waals surface area contributed by atoms with Gasteiger partial charge in [0, 0.05) is 12.1 Å². The molecule has 0 aliphatic heterocycles. The molecule has 0 amide bonds. The highest BCUT2D eigenvalue weighted by atomic mass is 16.8. The quantitative estimate of drug-likeness (QED) is 0.0682. The topological polar surface area (TPSA) is 129 Å². The van der Waals surface area contributed by atoms with Crippen LogP contribution in [0.5, 0.6) is 0 Å². The van der Waals surface area contributed by atoms with Crippen molar-refractivity contribution in [3.63, 3.8) is 0 Å². The molecule has 10 heteroatoms. The van der Waals surface area contributed by atoms with Crippen LogP contribution in [0.2, 0.25) is 0 Å². The van der Waals surface area contributed by atoms with Crippen molar-refractivity contribution in [1.82, 2.24) is 10.6 Å². The summed E-state index contributed by atoms with van der Waals surface area (Å²) >= 11 is 0. The molecule has 2 N–H and O–H groups in total. The number of hydrogen-bond acceptors (Lipinski definition) is 10. The smallest absolute Gasteiger partial charge is 0.341 e. The number of carbonyl (C=O) groups is 4. The van der Waals surface area contributed by atoms with Gasteiger partial charge >= 0.3 is 24.5 Å². The van der Waals surface area contributed by atoms with E-state index in [0.29, 0.717) is 0 Å². The van der Waals surface area contributed by atoms with Crippen molar-refractivity contribution in [3.8, 4) is 0 Å². The summed E-state index contributed by atoms with van der Waals surface area (Å²) in [5.41, 5.74) is 5.17. The molecule has 2 aliphatic carbocycles. The Labute approximate surface area is 356 Å². The fourth-order valence-electron chi connectivity index (χ4n) is 8.02. The molecule has 2 unspecified atom stereocenters. The average Bonchev–Trinajstić information content (AvgIpc) is 3.26. The third-order valence-corrected chi connectivity index (χ3v) is 11.7. The van der Waals surface area contributed by atoms with Gasteiger partial charge in [-0.1, -0.05) is 110 Å².